The lowest BCUT2D eigenvalue weighted by Gasteiger charge is -2.25. The maximum atomic E-state index is 14.5. The van der Waals surface area contributed by atoms with Crippen LogP contribution in [0.1, 0.15) is 56.1 Å². The fourth-order valence-corrected chi connectivity index (χ4v) is 3.18. The predicted molar refractivity (Wildman–Crippen MR) is 102 cm³/mol. The van der Waals surface area contributed by atoms with Gasteiger partial charge in [-0.05, 0) is 57.0 Å². The Bertz CT molecular complexity index is 977. The van der Waals surface area contributed by atoms with Crippen LogP contribution >= 0.6 is 0 Å². The number of esters is 1. The van der Waals surface area contributed by atoms with Crippen LogP contribution in [0.25, 0.3) is 16.7 Å². The standard InChI is InChI=1S/C22H21F4NO2/c1-21(2,3)29-20(28)18-15(16-12-14(23)4-5-17(16)24)8-11-27-19(18)13-6-9-22(25,26)10-7-13/h4-6,8,11-12H,7,9-10H2,1-3H3. The molecule has 1 aliphatic rings. The molecule has 0 radical (unpaired) electrons. The molecule has 1 heterocycles. The van der Waals surface area contributed by atoms with Crippen LogP contribution in [0.15, 0.2) is 36.5 Å². The minimum absolute atomic E-state index is 0.00485. The first-order valence-electron chi connectivity index (χ1n) is 9.22. The summed E-state index contributed by atoms with van der Waals surface area (Å²) in [5.74, 6) is -5.00. The van der Waals surface area contributed by atoms with Crippen molar-refractivity contribution in [2.45, 2.75) is 51.6 Å². The zero-order chi connectivity index (χ0) is 21.4. The Morgan fingerprint density at radius 1 is 1.14 bits per heavy atom. The van der Waals surface area contributed by atoms with Crippen molar-refractivity contribution in [3.63, 3.8) is 0 Å². The molecule has 0 N–H and O–H groups in total. The van der Waals surface area contributed by atoms with Crippen molar-refractivity contribution < 1.29 is 27.1 Å². The number of ether oxygens (including phenoxy) is 1. The first kappa shape index (κ1) is 21.0. The number of alkyl halides is 2. The number of aromatic nitrogens is 1. The highest BCUT2D eigenvalue weighted by atomic mass is 19.3. The molecule has 29 heavy (non-hydrogen) atoms. The van der Waals surface area contributed by atoms with E-state index in [0.29, 0.717) is 5.57 Å². The first-order chi connectivity index (χ1) is 13.5. The van der Waals surface area contributed by atoms with Crippen LogP contribution in [0, 0.1) is 11.6 Å². The van der Waals surface area contributed by atoms with Crippen LogP contribution in [-0.2, 0) is 4.74 Å². The number of carbonyl (C=O) groups is 1. The molecule has 0 fully saturated rings. The Hall–Kier alpha value is -2.70. The lowest BCUT2D eigenvalue weighted by Crippen LogP contribution is -2.26. The van der Waals surface area contributed by atoms with Gasteiger partial charge in [-0.1, -0.05) is 6.08 Å². The molecule has 0 spiro atoms. The summed E-state index contributed by atoms with van der Waals surface area (Å²) in [7, 11) is 0. The Balaban J connectivity index is 2.20. The zero-order valence-corrected chi connectivity index (χ0v) is 16.4. The van der Waals surface area contributed by atoms with Gasteiger partial charge in [-0.2, -0.15) is 0 Å². The predicted octanol–water partition coefficient (Wildman–Crippen LogP) is 6.18. The number of rotatable bonds is 3. The van der Waals surface area contributed by atoms with Crippen LogP contribution in [0.5, 0.6) is 0 Å². The number of hydrogen-bond donors (Lipinski definition) is 0. The summed E-state index contributed by atoms with van der Waals surface area (Å²) < 4.78 is 60.8. The van der Waals surface area contributed by atoms with Gasteiger partial charge in [-0.3, -0.25) is 4.98 Å². The number of pyridine rings is 1. The fraction of sp³-hybridized carbons (Fsp3) is 0.364. The molecule has 0 saturated heterocycles. The molecule has 154 valence electrons. The summed E-state index contributed by atoms with van der Waals surface area (Å²) in [6.45, 7) is 5.01. The quantitative estimate of drug-likeness (QED) is 0.450. The van der Waals surface area contributed by atoms with Crippen LogP contribution in [0.2, 0.25) is 0 Å². The summed E-state index contributed by atoms with van der Waals surface area (Å²) in [4.78, 5) is 17.2. The maximum Gasteiger partial charge on any atom is 0.341 e. The van der Waals surface area contributed by atoms with E-state index in [2.05, 4.69) is 4.98 Å². The minimum Gasteiger partial charge on any atom is -0.456 e. The van der Waals surface area contributed by atoms with Gasteiger partial charge in [0.15, 0.2) is 0 Å². The van der Waals surface area contributed by atoms with Crippen LogP contribution in [-0.4, -0.2) is 22.5 Å². The molecule has 0 unspecified atom stereocenters. The number of nitrogens with zero attached hydrogens (tertiary/aromatic N) is 1. The minimum atomic E-state index is -2.82. The van der Waals surface area contributed by atoms with Crippen LogP contribution < -0.4 is 0 Å². The maximum absolute atomic E-state index is 14.5. The molecule has 0 bridgehead atoms. The molecule has 1 aromatic heterocycles. The second-order valence-corrected chi connectivity index (χ2v) is 8.00. The Morgan fingerprint density at radius 2 is 1.86 bits per heavy atom. The summed E-state index contributed by atoms with van der Waals surface area (Å²) in [6.07, 6.45) is 1.83. The highest BCUT2D eigenvalue weighted by Crippen LogP contribution is 2.39. The lowest BCUT2D eigenvalue weighted by atomic mass is 9.89. The van der Waals surface area contributed by atoms with Gasteiger partial charge in [-0.15, -0.1) is 0 Å². The monoisotopic (exact) mass is 407 g/mol. The number of halogens is 4. The molecule has 3 nitrogen and oxygen atoms in total. The Kier molecular flexibility index (Phi) is 5.52. The highest BCUT2D eigenvalue weighted by Gasteiger charge is 2.34. The van der Waals surface area contributed by atoms with E-state index in [-0.39, 0.29) is 35.2 Å². The molecule has 0 aliphatic heterocycles. The molecule has 3 rings (SSSR count). The molecule has 1 aliphatic carbocycles. The number of carbonyl (C=O) groups excluding carboxylic acids is 1. The van der Waals surface area contributed by atoms with Gasteiger partial charge in [-0.25, -0.2) is 22.4 Å². The third-order valence-electron chi connectivity index (χ3n) is 4.48. The summed E-state index contributed by atoms with van der Waals surface area (Å²) in [5, 5.41) is 0. The van der Waals surface area contributed by atoms with Gasteiger partial charge in [0.1, 0.15) is 17.2 Å². The smallest absolute Gasteiger partial charge is 0.341 e. The van der Waals surface area contributed by atoms with E-state index in [9.17, 15) is 22.4 Å². The normalized spacial score (nSPS) is 16.3. The van der Waals surface area contributed by atoms with E-state index in [1.165, 1.54) is 18.3 Å². The van der Waals surface area contributed by atoms with Crippen molar-refractivity contribution in [3.05, 3.63) is 59.4 Å². The molecule has 7 heteroatoms. The first-order valence-corrected chi connectivity index (χ1v) is 9.22. The molecular formula is C22H21F4NO2. The second kappa shape index (κ2) is 7.61. The van der Waals surface area contributed by atoms with Crippen LogP contribution in [0.4, 0.5) is 17.6 Å². The summed E-state index contributed by atoms with van der Waals surface area (Å²) >= 11 is 0. The van der Waals surface area contributed by atoms with Crippen molar-refractivity contribution in [3.8, 4) is 11.1 Å². The second-order valence-electron chi connectivity index (χ2n) is 8.00. The molecule has 2 aromatic rings. The van der Waals surface area contributed by atoms with Gasteiger partial charge < -0.3 is 4.74 Å². The van der Waals surface area contributed by atoms with Crippen molar-refractivity contribution in [1.82, 2.24) is 4.98 Å². The Morgan fingerprint density at radius 3 is 2.48 bits per heavy atom. The largest absolute Gasteiger partial charge is 0.456 e. The molecular weight excluding hydrogens is 386 g/mol. The number of benzene rings is 1. The van der Waals surface area contributed by atoms with E-state index in [1.807, 2.05) is 0 Å². The van der Waals surface area contributed by atoms with Crippen molar-refractivity contribution in [2.24, 2.45) is 0 Å². The van der Waals surface area contributed by atoms with Crippen molar-refractivity contribution in [2.75, 3.05) is 0 Å². The molecule has 0 amide bonds. The van der Waals surface area contributed by atoms with E-state index in [1.54, 1.807) is 20.8 Å². The van der Waals surface area contributed by atoms with E-state index < -0.39 is 35.5 Å². The van der Waals surface area contributed by atoms with Crippen molar-refractivity contribution in [1.29, 1.82) is 0 Å². The molecule has 0 saturated carbocycles. The van der Waals surface area contributed by atoms with Gasteiger partial charge in [0, 0.05) is 30.2 Å². The third-order valence-corrected chi connectivity index (χ3v) is 4.48. The van der Waals surface area contributed by atoms with E-state index in [4.69, 9.17) is 4.74 Å². The van der Waals surface area contributed by atoms with Gasteiger partial charge in [0.25, 0.3) is 5.92 Å². The SMILES string of the molecule is CC(C)(C)OC(=O)c1c(-c2cc(F)ccc2F)ccnc1C1=CCC(F)(F)CC1. The number of hydrogen-bond acceptors (Lipinski definition) is 3. The van der Waals surface area contributed by atoms with Crippen molar-refractivity contribution >= 4 is 11.5 Å². The highest BCUT2D eigenvalue weighted by molar-refractivity contribution is 6.01. The van der Waals surface area contributed by atoms with Crippen LogP contribution in [0.3, 0.4) is 0 Å². The average molecular weight is 407 g/mol. The average Bonchev–Trinajstić information content (AvgIpc) is 2.61. The summed E-state index contributed by atoms with van der Waals surface area (Å²) in [6, 6.07) is 4.30. The lowest BCUT2D eigenvalue weighted by molar-refractivity contribution is -0.00605. The molecule has 0 atom stereocenters. The zero-order valence-electron chi connectivity index (χ0n) is 16.4. The van der Waals surface area contributed by atoms with Gasteiger partial charge >= 0.3 is 5.97 Å². The topological polar surface area (TPSA) is 39.2 Å². The molecule has 1 aromatic carbocycles. The number of allylic oxidation sites excluding steroid dienone is 2. The summed E-state index contributed by atoms with van der Waals surface area (Å²) in [5.41, 5.74) is -0.346. The van der Waals surface area contributed by atoms with Gasteiger partial charge in [0.2, 0.25) is 0 Å². The van der Waals surface area contributed by atoms with Gasteiger partial charge in [0.05, 0.1) is 11.3 Å². The Labute approximate surface area is 166 Å². The fourth-order valence-electron chi connectivity index (χ4n) is 3.18. The van der Waals surface area contributed by atoms with E-state index in [0.717, 1.165) is 18.2 Å². The van der Waals surface area contributed by atoms with E-state index >= 15 is 0 Å². The third kappa shape index (κ3) is 4.83.